The van der Waals surface area contributed by atoms with Crippen LogP contribution in [0, 0.1) is 5.82 Å². The Kier molecular flexibility index (Phi) is 6.01. The highest BCUT2D eigenvalue weighted by molar-refractivity contribution is 6.35. The lowest BCUT2D eigenvalue weighted by Crippen LogP contribution is -2.47. The zero-order valence-corrected chi connectivity index (χ0v) is 15.6. The number of ether oxygens (including phenoxy) is 2. The maximum atomic E-state index is 13.1. The van der Waals surface area contributed by atoms with Crippen molar-refractivity contribution in [3.8, 4) is 5.75 Å². The van der Waals surface area contributed by atoms with Gasteiger partial charge in [-0.15, -0.1) is 0 Å². The van der Waals surface area contributed by atoms with Crippen molar-refractivity contribution < 1.29 is 18.7 Å². The fraction of sp³-hybridized carbons (Fsp3) is 0.316. The van der Waals surface area contributed by atoms with Crippen LogP contribution in [0.25, 0.3) is 0 Å². The molecule has 0 saturated carbocycles. The second-order valence-electron chi connectivity index (χ2n) is 6.03. The Hall–Kier alpha value is -1.82. The number of benzene rings is 2. The van der Waals surface area contributed by atoms with Gasteiger partial charge in [0, 0.05) is 11.6 Å². The van der Waals surface area contributed by atoms with Gasteiger partial charge in [0.1, 0.15) is 17.7 Å². The summed E-state index contributed by atoms with van der Waals surface area (Å²) >= 11 is 12.0. The van der Waals surface area contributed by atoms with Gasteiger partial charge in [0.05, 0.1) is 18.2 Å². The molecule has 3 rings (SSSR count). The monoisotopic (exact) mass is 397 g/mol. The molecular formula is C19H18Cl2FNO3. The molecule has 0 radical (unpaired) electrons. The van der Waals surface area contributed by atoms with E-state index in [0.717, 1.165) is 5.56 Å². The smallest absolute Gasteiger partial charge is 0.263 e. The fourth-order valence-electron chi connectivity index (χ4n) is 2.80. The van der Waals surface area contributed by atoms with Crippen LogP contribution in [0.5, 0.6) is 5.75 Å². The number of carbonyl (C=O) groups is 1. The van der Waals surface area contributed by atoms with E-state index >= 15 is 0 Å². The number of carbonyl (C=O) groups excluding carboxylic acids is 1. The van der Waals surface area contributed by atoms with Gasteiger partial charge < -0.3 is 14.4 Å². The Morgan fingerprint density at radius 2 is 2.00 bits per heavy atom. The van der Waals surface area contributed by atoms with Crippen LogP contribution >= 0.6 is 23.2 Å². The Morgan fingerprint density at radius 3 is 2.69 bits per heavy atom. The molecule has 2 atom stereocenters. The van der Waals surface area contributed by atoms with Crippen molar-refractivity contribution in [3.05, 3.63) is 63.9 Å². The average molecular weight is 398 g/mol. The standard InChI is InChI=1S/C19H18Cl2FNO3/c1-12(26-17-7-4-14(20)10-16(17)21)19(24)23-8-9-25-18(11-23)13-2-5-15(22)6-3-13/h2-7,10,12,18H,8-9,11H2,1H3/t12-,18+/m1/s1. The largest absolute Gasteiger partial charge is 0.479 e. The van der Waals surface area contributed by atoms with E-state index in [1.807, 2.05) is 0 Å². The Labute approximate surface area is 161 Å². The van der Waals surface area contributed by atoms with Gasteiger partial charge in [0.25, 0.3) is 5.91 Å². The molecule has 0 unspecified atom stereocenters. The van der Waals surface area contributed by atoms with E-state index in [4.69, 9.17) is 32.7 Å². The first kappa shape index (κ1) is 19.0. The van der Waals surface area contributed by atoms with Crippen molar-refractivity contribution in [2.75, 3.05) is 19.7 Å². The second-order valence-corrected chi connectivity index (χ2v) is 6.87. The molecule has 4 nitrogen and oxygen atoms in total. The summed E-state index contributed by atoms with van der Waals surface area (Å²) in [6, 6.07) is 11.0. The van der Waals surface area contributed by atoms with E-state index in [-0.39, 0.29) is 17.8 Å². The first-order valence-electron chi connectivity index (χ1n) is 8.21. The summed E-state index contributed by atoms with van der Waals surface area (Å²) in [6.07, 6.45) is -1.000. The van der Waals surface area contributed by atoms with E-state index in [9.17, 15) is 9.18 Å². The van der Waals surface area contributed by atoms with Crippen LogP contribution in [0.3, 0.4) is 0 Å². The molecule has 7 heteroatoms. The maximum absolute atomic E-state index is 13.1. The molecule has 1 aliphatic heterocycles. The highest BCUT2D eigenvalue weighted by Gasteiger charge is 2.29. The predicted octanol–water partition coefficient (Wildman–Crippen LogP) is 4.50. The summed E-state index contributed by atoms with van der Waals surface area (Å²) in [7, 11) is 0. The van der Waals surface area contributed by atoms with Crippen LogP contribution in [0.15, 0.2) is 42.5 Å². The Morgan fingerprint density at radius 1 is 1.27 bits per heavy atom. The molecule has 0 bridgehead atoms. The van der Waals surface area contributed by atoms with E-state index in [2.05, 4.69) is 0 Å². The van der Waals surface area contributed by atoms with E-state index in [1.165, 1.54) is 12.1 Å². The number of hydrogen-bond donors (Lipinski definition) is 0. The number of nitrogens with zero attached hydrogens (tertiary/aromatic N) is 1. The van der Waals surface area contributed by atoms with Crippen molar-refractivity contribution in [1.82, 2.24) is 4.90 Å². The van der Waals surface area contributed by atoms with Gasteiger partial charge >= 0.3 is 0 Å². The fourth-order valence-corrected chi connectivity index (χ4v) is 3.25. The summed E-state index contributed by atoms with van der Waals surface area (Å²) in [6.45, 7) is 2.93. The SMILES string of the molecule is C[C@@H](Oc1ccc(Cl)cc1Cl)C(=O)N1CCO[C@H](c2ccc(F)cc2)C1. The molecule has 1 saturated heterocycles. The van der Waals surface area contributed by atoms with Gasteiger partial charge in [0.2, 0.25) is 0 Å². The quantitative estimate of drug-likeness (QED) is 0.762. The van der Waals surface area contributed by atoms with Crippen molar-refractivity contribution in [2.24, 2.45) is 0 Å². The van der Waals surface area contributed by atoms with Gasteiger partial charge in [-0.3, -0.25) is 4.79 Å². The van der Waals surface area contributed by atoms with Crippen LogP contribution < -0.4 is 4.74 Å². The molecule has 138 valence electrons. The molecule has 2 aromatic carbocycles. The average Bonchev–Trinajstić information content (AvgIpc) is 2.64. The topological polar surface area (TPSA) is 38.8 Å². The maximum Gasteiger partial charge on any atom is 0.263 e. The van der Waals surface area contributed by atoms with Crippen LogP contribution in [0.4, 0.5) is 4.39 Å². The zero-order chi connectivity index (χ0) is 18.7. The molecular weight excluding hydrogens is 380 g/mol. The van der Waals surface area contributed by atoms with E-state index < -0.39 is 6.10 Å². The van der Waals surface area contributed by atoms with Crippen molar-refractivity contribution in [1.29, 1.82) is 0 Å². The summed E-state index contributed by atoms with van der Waals surface area (Å²) < 4.78 is 24.5. The van der Waals surface area contributed by atoms with Gasteiger partial charge in [-0.2, -0.15) is 0 Å². The number of amides is 1. The summed E-state index contributed by atoms with van der Waals surface area (Å²) in [5.41, 5.74) is 0.832. The summed E-state index contributed by atoms with van der Waals surface area (Å²) in [5.74, 6) is -0.0638. The van der Waals surface area contributed by atoms with Crippen molar-refractivity contribution in [3.63, 3.8) is 0 Å². The van der Waals surface area contributed by atoms with Gasteiger partial charge in [0.15, 0.2) is 6.10 Å². The van der Waals surface area contributed by atoms with Crippen LogP contribution in [0.1, 0.15) is 18.6 Å². The molecule has 1 amide bonds. The van der Waals surface area contributed by atoms with Gasteiger partial charge in [-0.1, -0.05) is 35.3 Å². The lowest BCUT2D eigenvalue weighted by Gasteiger charge is -2.34. The third kappa shape index (κ3) is 4.47. The first-order chi connectivity index (χ1) is 12.4. The number of rotatable bonds is 4. The predicted molar refractivity (Wildman–Crippen MR) is 98.2 cm³/mol. The zero-order valence-electron chi connectivity index (χ0n) is 14.1. The van der Waals surface area contributed by atoms with Gasteiger partial charge in [-0.25, -0.2) is 4.39 Å². The minimum Gasteiger partial charge on any atom is -0.479 e. The molecule has 0 aromatic heterocycles. The minimum atomic E-state index is -0.708. The van der Waals surface area contributed by atoms with Crippen molar-refractivity contribution in [2.45, 2.75) is 19.1 Å². The molecule has 1 heterocycles. The van der Waals surface area contributed by atoms with Crippen molar-refractivity contribution >= 4 is 29.1 Å². The van der Waals surface area contributed by atoms with E-state index in [1.54, 1.807) is 42.2 Å². The number of halogens is 3. The molecule has 1 fully saturated rings. The minimum absolute atomic E-state index is 0.161. The Balaban J connectivity index is 1.65. The highest BCUT2D eigenvalue weighted by Crippen LogP contribution is 2.29. The molecule has 26 heavy (non-hydrogen) atoms. The van der Waals surface area contributed by atoms with Crippen LogP contribution in [-0.2, 0) is 9.53 Å². The highest BCUT2D eigenvalue weighted by atomic mass is 35.5. The van der Waals surface area contributed by atoms with Crippen LogP contribution in [0.2, 0.25) is 10.0 Å². The molecule has 0 aliphatic carbocycles. The molecule has 0 N–H and O–H groups in total. The molecule has 0 spiro atoms. The number of morpholine rings is 1. The van der Waals surface area contributed by atoms with Crippen LogP contribution in [-0.4, -0.2) is 36.6 Å². The molecule has 1 aliphatic rings. The second kappa shape index (κ2) is 8.25. The summed E-state index contributed by atoms with van der Waals surface area (Å²) in [5, 5.41) is 0.847. The normalized spacial score (nSPS) is 18.5. The lowest BCUT2D eigenvalue weighted by atomic mass is 10.1. The summed E-state index contributed by atoms with van der Waals surface area (Å²) in [4.78, 5) is 14.4. The van der Waals surface area contributed by atoms with Gasteiger partial charge in [-0.05, 0) is 42.8 Å². The third-order valence-electron chi connectivity index (χ3n) is 4.17. The number of hydrogen-bond acceptors (Lipinski definition) is 3. The first-order valence-corrected chi connectivity index (χ1v) is 8.97. The lowest BCUT2D eigenvalue weighted by molar-refractivity contribution is -0.145. The Bertz CT molecular complexity index is 785. The third-order valence-corrected chi connectivity index (χ3v) is 4.70. The van der Waals surface area contributed by atoms with E-state index in [0.29, 0.717) is 35.5 Å². The molecule has 2 aromatic rings.